The zero-order valence-corrected chi connectivity index (χ0v) is 24.8. The summed E-state index contributed by atoms with van der Waals surface area (Å²) in [4.78, 5) is 19.8. The maximum absolute atomic E-state index is 17.1. The fourth-order valence-electron chi connectivity index (χ4n) is 9.24. The molecule has 2 aliphatic carbocycles. The maximum Gasteiger partial charge on any atom is 0.319 e. The van der Waals surface area contributed by atoms with E-state index in [9.17, 15) is 5.11 Å². The lowest BCUT2D eigenvalue weighted by molar-refractivity contribution is 0.108. The molecule has 0 radical (unpaired) electrons. The maximum atomic E-state index is 17.1. The average Bonchev–Trinajstić information content (AvgIpc) is 3.60. The number of rotatable bonds is 4. The van der Waals surface area contributed by atoms with E-state index in [0.29, 0.717) is 37.3 Å². The molecule has 3 aromatic rings. The van der Waals surface area contributed by atoms with E-state index in [0.717, 1.165) is 100 Å². The molecule has 9 heteroatoms. The summed E-state index contributed by atoms with van der Waals surface area (Å²) in [5.41, 5.74) is 4.62. The highest BCUT2D eigenvalue weighted by Gasteiger charge is 2.49. The van der Waals surface area contributed by atoms with Crippen molar-refractivity contribution in [2.24, 2.45) is 0 Å². The Morgan fingerprint density at radius 3 is 2.67 bits per heavy atom. The van der Waals surface area contributed by atoms with Gasteiger partial charge in [-0.2, -0.15) is 9.97 Å². The van der Waals surface area contributed by atoms with E-state index in [1.807, 2.05) is 6.07 Å². The summed E-state index contributed by atoms with van der Waals surface area (Å²) in [5, 5.41) is 11.5. The van der Waals surface area contributed by atoms with Crippen LogP contribution < -0.4 is 9.64 Å². The molecule has 1 N–H and O–H groups in total. The minimum atomic E-state index is -0.438. The van der Waals surface area contributed by atoms with Gasteiger partial charge < -0.3 is 19.5 Å². The van der Waals surface area contributed by atoms with Gasteiger partial charge in [0.05, 0.1) is 29.3 Å². The van der Waals surface area contributed by atoms with Crippen LogP contribution in [0.2, 0.25) is 0 Å². The first kappa shape index (κ1) is 26.4. The summed E-state index contributed by atoms with van der Waals surface area (Å²) in [6.07, 6.45) is 12.4. The normalized spacial score (nSPS) is 25.2. The standard InChI is InChI=1S/C34H40FN5O3/c35-28-29(24-18-23(41)17-21-5-1-8-33(11-12-33)27(21)24)36-25-7-6-22-19-42-16-4-15-40(22)31-26(25)30(28)37-32(38-31)43-20-34-9-2-13-39(34)14-3-10-34/h17-18,22,41H,1-16,19-20H2. The predicted molar refractivity (Wildman–Crippen MR) is 161 cm³/mol. The minimum Gasteiger partial charge on any atom is -0.508 e. The summed E-state index contributed by atoms with van der Waals surface area (Å²) in [5.74, 6) is 0.464. The first-order valence-corrected chi connectivity index (χ1v) is 16.5. The number of fused-ring (bicyclic) bond motifs is 5. The molecule has 8 nitrogen and oxygen atoms in total. The number of pyridine rings is 1. The number of hydrogen-bond acceptors (Lipinski definition) is 8. The van der Waals surface area contributed by atoms with Gasteiger partial charge in [-0.05, 0) is 119 Å². The number of hydrogen-bond donors (Lipinski definition) is 1. The van der Waals surface area contributed by atoms with Crippen LogP contribution in [0.3, 0.4) is 0 Å². The van der Waals surface area contributed by atoms with Crippen molar-refractivity contribution in [2.75, 3.05) is 44.4 Å². The highest BCUT2D eigenvalue weighted by Crippen LogP contribution is 2.58. The number of aromatic hydroxyl groups is 1. The van der Waals surface area contributed by atoms with Gasteiger partial charge in [0.1, 0.15) is 29.4 Å². The number of nitrogens with zero attached hydrogens (tertiary/aromatic N) is 5. The third-order valence-electron chi connectivity index (χ3n) is 11.5. The summed E-state index contributed by atoms with van der Waals surface area (Å²) in [6.45, 7) is 4.88. The fraction of sp³-hybridized carbons (Fsp3) is 0.618. The Bertz CT molecular complexity index is 1610. The zero-order valence-electron chi connectivity index (χ0n) is 24.8. The number of benzene rings is 1. The summed E-state index contributed by atoms with van der Waals surface area (Å²) in [6, 6.07) is 4.00. The number of ether oxygens (including phenoxy) is 2. The smallest absolute Gasteiger partial charge is 0.319 e. The van der Waals surface area contributed by atoms with Gasteiger partial charge in [0.25, 0.3) is 0 Å². The van der Waals surface area contributed by atoms with E-state index >= 15 is 4.39 Å². The molecule has 3 saturated heterocycles. The predicted octanol–water partition coefficient (Wildman–Crippen LogP) is 5.45. The molecule has 2 aromatic heterocycles. The lowest BCUT2D eigenvalue weighted by atomic mass is 9.76. The van der Waals surface area contributed by atoms with Gasteiger partial charge in [-0.25, -0.2) is 9.37 Å². The van der Waals surface area contributed by atoms with Crippen LogP contribution in [-0.4, -0.2) is 76.0 Å². The van der Waals surface area contributed by atoms with Gasteiger partial charge >= 0.3 is 6.01 Å². The van der Waals surface area contributed by atoms with Gasteiger partial charge in [0.15, 0.2) is 5.82 Å². The van der Waals surface area contributed by atoms with Crippen LogP contribution in [0.25, 0.3) is 22.2 Å². The molecular formula is C34H40FN5O3. The molecule has 0 amide bonds. The van der Waals surface area contributed by atoms with Crippen LogP contribution in [0.5, 0.6) is 11.8 Å². The fourth-order valence-corrected chi connectivity index (χ4v) is 9.24. The van der Waals surface area contributed by atoms with Crippen molar-refractivity contribution < 1.29 is 19.0 Å². The molecule has 1 atom stereocenters. The number of phenols is 1. The van der Waals surface area contributed by atoms with Crippen LogP contribution in [0.4, 0.5) is 10.2 Å². The van der Waals surface area contributed by atoms with Crippen molar-refractivity contribution in [3.05, 3.63) is 34.8 Å². The second-order valence-corrected chi connectivity index (χ2v) is 14.0. The van der Waals surface area contributed by atoms with Crippen LogP contribution >= 0.6 is 0 Å². The van der Waals surface area contributed by atoms with Gasteiger partial charge in [0, 0.05) is 18.7 Å². The quantitative estimate of drug-likeness (QED) is 0.433. The van der Waals surface area contributed by atoms with Gasteiger partial charge in [-0.1, -0.05) is 0 Å². The van der Waals surface area contributed by atoms with Crippen molar-refractivity contribution in [3.63, 3.8) is 0 Å². The topological polar surface area (TPSA) is 83.8 Å². The summed E-state index contributed by atoms with van der Waals surface area (Å²) < 4.78 is 29.5. The molecule has 9 rings (SSSR count). The third kappa shape index (κ3) is 4.10. The number of halogens is 1. The molecule has 1 saturated carbocycles. The van der Waals surface area contributed by atoms with E-state index in [1.54, 1.807) is 6.07 Å². The molecule has 226 valence electrons. The van der Waals surface area contributed by atoms with Crippen molar-refractivity contribution in [1.82, 2.24) is 19.9 Å². The average molecular weight is 586 g/mol. The van der Waals surface area contributed by atoms with Crippen LogP contribution in [0, 0.1) is 5.82 Å². The summed E-state index contributed by atoms with van der Waals surface area (Å²) in [7, 11) is 0. The van der Waals surface area contributed by atoms with Crippen LogP contribution in [0.15, 0.2) is 12.1 Å². The first-order valence-electron chi connectivity index (χ1n) is 16.5. The highest BCUT2D eigenvalue weighted by atomic mass is 19.1. The lowest BCUT2D eigenvalue weighted by Crippen LogP contribution is -2.43. The molecule has 1 spiro atoms. The molecule has 6 aliphatic rings. The SMILES string of the molecule is Oc1cc2c(c(-c3nc4c5c(nc(OCC67CCCN6CCC7)nc5c3F)N3CCCOCC3CC4)c1)C1(CCC2)CC1. The Labute approximate surface area is 251 Å². The lowest BCUT2D eigenvalue weighted by Gasteiger charge is -2.32. The van der Waals surface area contributed by atoms with Gasteiger partial charge in [-0.15, -0.1) is 0 Å². The Morgan fingerprint density at radius 1 is 0.977 bits per heavy atom. The molecule has 4 fully saturated rings. The molecule has 1 unspecified atom stereocenters. The number of aryl methyl sites for hydroxylation is 2. The van der Waals surface area contributed by atoms with E-state index < -0.39 is 5.82 Å². The molecular weight excluding hydrogens is 545 g/mol. The molecule has 4 aliphatic heterocycles. The Morgan fingerprint density at radius 2 is 1.84 bits per heavy atom. The largest absolute Gasteiger partial charge is 0.508 e. The minimum absolute atomic E-state index is 0.0394. The first-order chi connectivity index (χ1) is 21.0. The van der Waals surface area contributed by atoms with Crippen molar-refractivity contribution in [3.8, 4) is 23.0 Å². The van der Waals surface area contributed by atoms with Gasteiger partial charge in [0.2, 0.25) is 0 Å². The second kappa shape index (κ2) is 9.73. The Hall–Kier alpha value is -3.04. The highest BCUT2D eigenvalue weighted by molar-refractivity contribution is 5.95. The van der Waals surface area contributed by atoms with E-state index in [1.165, 1.54) is 18.4 Å². The molecule has 6 heterocycles. The van der Waals surface area contributed by atoms with Crippen LogP contribution in [-0.2, 0) is 23.0 Å². The van der Waals surface area contributed by atoms with Gasteiger partial charge in [-0.3, -0.25) is 4.90 Å². The van der Waals surface area contributed by atoms with Crippen molar-refractivity contribution >= 4 is 16.7 Å². The Balaban J connectivity index is 1.22. The number of anilines is 1. The number of phenolic OH excluding ortho intramolecular Hbond substituents is 1. The van der Waals surface area contributed by atoms with Crippen molar-refractivity contribution in [1.29, 1.82) is 0 Å². The second-order valence-electron chi connectivity index (χ2n) is 14.0. The van der Waals surface area contributed by atoms with Crippen LogP contribution in [0.1, 0.15) is 81.0 Å². The molecule has 43 heavy (non-hydrogen) atoms. The molecule has 1 aromatic carbocycles. The number of aromatic nitrogens is 3. The monoisotopic (exact) mass is 585 g/mol. The molecule has 0 bridgehead atoms. The van der Waals surface area contributed by atoms with E-state index in [4.69, 9.17) is 24.4 Å². The van der Waals surface area contributed by atoms with E-state index in [-0.39, 0.29) is 34.3 Å². The third-order valence-corrected chi connectivity index (χ3v) is 11.5. The zero-order chi connectivity index (χ0) is 28.8. The van der Waals surface area contributed by atoms with Crippen molar-refractivity contribution in [2.45, 2.75) is 94.0 Å². The Kier molecular flexibility index (Phi) is 5.97. The summed E-state index contributed by atoms with van der Waals surface area (Å²) >= 11 is 0. The van der Waals surface area contributed by atoms with E-state index in [2.05, 4.69) is 9.80 Å².